The summed E-state index contributed by atoms with van der Waals surface area (Å²) >= 11 is 3.57. The molecule has 1 unspecified atom stereocenters. The van der Waals surface area contributed by atoms with Crippen molar-refractivity contribution in [1.82, 2.24) is 0 Å². The van der Waals surface area contributed by atoms with E-state index in [2.05, 4.69) is 41.9 Å². The van der Waals surface area contributed by atoms with Crippen LogP contribution in [-0.4, -0.2) is 0 Å². The van der Waals surface area contributed by atoms with Crippen LogP contribution in [0, 0.1) is 26.6 Å². The minimum absolute atomic E-state index is 0.0790. The van der Waals surface area contributed by atoms with Gasteiger partial charge in [-0.3, -0.25) is 0 Å². The second kappa shape index (κ2) is 6.06. The maximum atomic E-state index is 13.1. The van der Waals surface area contributed by atoms with E-state index in [9.17, 15) is 4.39 Å². The van der Waals surface area contributed by atoms with Gasteiger partial charge in [-0.05, 0) is 67.1 Å². The molecular weight excluding hydrogens is 317 g/mol. The molecule has 106 valence electrons. The van der Waals surface area contributed by atoms with Gasteiger partial charge in [-0.1, -0.05) is 34.1 Å². The molecule has 3 heteroatoms. The second-order valence-corrected chi connectivity index (χ2v) is 6.14. The SMILES string of the molecule is Cc1cc(F)ccc1CC(N)c1cc(C)c(Br)c(C)c1. The molecule has 0 amide bonds. The third-order valence-electron chi connectivity index (χ3n) is 3.63. The third kappa shape index (κ3) is 3.28. The Morgan fingerprint density at radius 1 is 1.05 bits per heavy atom. The Kier molecular flexibility index (Phi) is 4.61. The van der Waals surface area contributed by atoms with Gasteiger partial charge in [-0.2, -0.15) is 0 Å². The zero-order valence-electron chi connectivity index (χ0n) is 12.0. The molecule has 20 heavy (non-hydrogen) atoms. The van der Waals surface area contributed by atoms with Crippen molar-refractivity contribution in [2.45, 2.75) is 33.2 Å². The lowest BCUT2D eigenvalue weighted by Crippen LogP contribution is -2.14. The summed E-state index contributed by atoms with van der Waals surface area (Å²) in [5, 5.41) is 0. The van der Waals surface area contributed by atoms with E-state index in [1.165, 1.54) is 17.2 Å². The van der Waals surface area contributed by atoms with Gasteiger partial charge in [0.25, 0.3) is 0 Å². The predicted molar refractivity (Wildman–Crippen MR) is 85.4 cm³/mol. The van der Waals surface area contributed by atoms with E-state index < -0.39 is 0 Å². The van der Waals surface area contributed by atoms with Crippen molar-refractivity contribution in [2.24, 2.45) is 5.73 Å². The Hall–Kier alpha value is -1.19. The molecule has 0 fully saturated rings. The highest BCUT2D eigenvalue weighted by Gasteiger charge is 2.12. The Labute approximate surface area is 128 Å². The van der Waals surface area contributed by atoms with E-state index in [1.807, 2.05) is 13.0 Å². The maximum Gasteiger partial charge on any atom is 0.123 e. The highest BCUT2D eigenvalue weighted by molar-refractivity contribution is 9.10. The van der Waals surface area contributed by atoms with Crippen LogP contribution in [-0.2, 0) is 6.42 Å². The summed E-state index contributed by atoms with van der Waals surface area (Å²) in [4.78, 5) is 0. The molecular formula is C17H19BrFN. The molecule has 0 aromatic heterocycles. The molecule has 0 bridgehead atoms. The van der Waals surface area contributed by atoms with Crippen LogP contribution in [0.25, 0.3) is 0 Å². The van der Waals surface area contributed by atoms with E-state index in [0.29, 0.717) is 6.42 Å². The molecule has 0 aliphatic heterocycles. The van der Waals surface area contributed by atoms with Gasteiger partial charge in [0.1, 0.15) is 5.82 Å². The molecule has 2 aromatic rings. The van der Waals surface area contributed by atoms with Gasteiger partial charge in [-0.25, -0.2) is 4.39 Å². The number of hydrogen-bond acceptors (Lipinski definition) is 1. The molecule has 0 heterocycles. The average Bonchev–Trinajstić information content (AvgIpc) is 2.38. The predicted octanol–water partition coefficient (Wildman–Crippen LogP) is 4.76. The molecule has 0 radical (unpaired) electrons. The fraction of sp³-hybridized carbons (Fsp3) is 0.294. The first-order valence-corrected chi connectivity index (χ1v) is 7.45. The summed E-state index contributed by atoms with van der Waals surface area (Å²) in [7, 11) is 0. The zero-order chi connectivity index (χ0) is 14.9. The fourth-order valence-corrected chi connectivity index (χ4v) is 2.67. The third-order valence-corrected chi connectivity index (χ3v) is 4.88. The molecule has 2 aromatic carbocycles. The van der Waals surface area contributed by atoms with Crippen LogP contribution in [0.5, 0.6) is 0 Å². The lowest BCUT2D eigenvalue weighted by atomic mass is 9.94. The average molecular weight is 336 g/mol. The van der Waals surface area contributed by atoms with Gasteiger partial charge in [0, 0.05) is 10.5 Å². The molecule has 0 spiro atoms. The molecule has 0 saturated heterocycles. The molecule has 0 aliphatic rings. The van der Waals surface area contributed by atoms with Gasteiger partial charge in [0.05, 0.1) is 0 Å². The van der Waals surface area contributed by atoms with Crippen LogP contribution < -0.4 is 5.73 Å². The largest absolute Gasteiger partial charge is 0.324 e. The van der Waals surface area contributed by atoms with E-state index in [-0.39, 0.29) is 11.9 Å². The lowest BCUT2D eigenvalue weighted by Gasteiger charge is -2.16. The highest BCUT2D eigenvalue weighted by Crippen LogP contribution is 2.26. The van der Waals surface area contributed by atoms with Crippen molar-refractivity contribution >= 4 is 15.9 Å². The van der Waals surface area contributed by atoms with Crippen molar-refractivity contribution in [2.75, 3.05) is 0 Å². The first-order valence-electron chi connectivity index (χ1n) is 6.65. The fourth-order valence-electron chi connectivity index (χ4n) is 2.44. The number of aryl methyl sites for hydroxylation is 3. The number of hydrogen-bond donors (Lipinski definition) is 1. The summed E-state index contributed by atoms with van der Waals surface area (Å²) in [6.07, 6.45) is 0.715. The minimum Gasteiger partial charge on any atom is -0.324 e. The van der Waals surface area contributed by atoms with Gasteiger partial charge in [0.15, 0.2) is 0 Å². The standard InChI is InChI=1S/C17H19BrFN/c1-10-8-15(19)5-4-13(10)9-16(20)14-6-11(2)17(18)12(3)7-14/h4-8,16H,9,20H2,1-3H3. The van der Waals surface area contributed by atoms with Crippen molar-refractivity contribution in [1.29, 1.82) is 0 Å². The Morgan fingerprint density at radius 3 is 2.20 bits per heavy atom. The van der Waals surface area contributed by atoms with Crippen LogP contribution in [0.2, 0.25) is 0 Å². The summed E-state index contributed by atoms with van der Waals surface area (Å²) < 4.78 is 14.3. The summed E-state index contributed by atoms with van der Waals surface area (Å²) in [6, 6.07) is 9.02. The first-order chi connectivity index (χ1) is 9.38. The van der Waals surface area contributed by atoms with Gasteiger partial charge < -0.3 is 5.73 Å². The van der Waals surface area contributed by atoms with E-state index in [1.54, 1.807) is 6.07 Å². The van der Waals surface area contributed by atoms with Crippen LogP contribution in [0.15, 0.2) is 34.8 Å². The van der Waals surface area contributed by atoms with Crippen molar-refractivity contribution < 1.29 is 4.39 Å². The van der Waals surface area contributed by atoms with Crippen molar-refractivity contribution in [3.05, 3.63) is 68.4 Å². The Bertz CT molecular complexity index is 614. The van der Waals surface area contributed by atoms with E-state index in [0.717, 1.165) is 21.2 Å². The molecule has 2 N–H and O–H groups in total. The van der Waals surface area contributed by atoms with Gasteiger partial charge in [0.2, 0.25) is 0 Å². The minimum atomic E-state index is -0.199. The monoisotopic (exact) mass is 335 g/mol. The van der Waals surface area contributed by atoms with Crippen LogP contribution in [0.1, 0.15) is 33.9 Å². The number of halogens is 2. The first kappa shape index (κ1) is 15.2. The van der Waals surface area contributed by atoms with Crippen LogP contribution >= 0.6 is 15.9 Å². The molecule has 1 atom stereocenters. The lowest BCUT2D eigenvalue weighted by molar-refractivity contribution is 0.624. The summed E-state index contributed by atoms with van der Waals surface area (Å²) in [6.45, 7) is 6.05. The highest BCUT2D eigenvalue weighted by atomic mass is 79.9. The number of nitrogens with two attached hydrogens (primary N) is 1. The number of benzene rings is 2. The quantitative estimate of drug-likeness (QED) is 0.860. The maximum absolute atomic E-state index is 13.1. The molecule has 1 nitrogen and oxygen atoms in total. The van der Waals surface area contributed by atoms with Crippen LogP contribution in [0.3, 0.4) is 0 Å². The van der Waals surface area contributed by atoms with Crippen molar-refractivity contribution in [3.63, 3.8) is 0 Å². The molecule has 2 rings (SSSR count). The summed E-state index contributed by atoms with van der Waals surface area (Å²) in [5.41, 5.74) is 11.8. The van der Waals surface area contributed by atoms with E-state index in [4.69, 9.17) is 5.73 Å². The topological polar surface area (TPSA) is 26.0 Å². The van der Waals surface area contributed by atoms with E-state index >= 15 is 0 Å². The smallest absolute Gasteiger partial charge is 0.123 e. The van der Waals surface area contributed by atoms with Crippen molar-refractivity contribution in [3.8, 4) is 0 Å². The second-order valence-electron chi connectivity index (χ2n) is 5.35. The number of rotatable bonds is 3. The molecule has 0 aliphatic carbocycles. The normalized spacial score (nSPS) is 12.5. The molecule has 0 saturated carbocycles. The van der Waals surface area contributed by atoms with Gasteiger partial charge >= 0.3 is 0 Å². The van der Waals surface area contributed by atoms with Gasteiger partial charge in [-0.15, -0.1) is 0 Å². The Balaban J connectivity index is 2.26. The Morgan fingerprint density at radius 2 is 1.65 bits per heavy atom. The summed E-state index contributed by atoms with van der Waals surface area (Å²) in [5.74, 6) is -0.199. The zero-order valence-corrected chi connectivity index (χ0v) is 13.6. The van der Waals surface area contributed by atoms with Crippen LogP contribution in [0.4, 0.5) is 4.39 Å².